The Morgan fingerprint density at radius 3 is 2.40 bits per heavy atom. The molecule has 79 valence electrons. The van der Waals surface area contributed by atoms with E-state index in [-0.39, 0.29) is 11.9 Å². The molecule has 1 aliphatic carbocycles. The quantitative estimate of drug-likeness (QED) is 0.725. The molecule has 0 spiro atoms. The van der Waals surface area contributed by atoms with Crippen molar-refractivity contribution < 1.29 is 4.79 Å². The van der Waals surface area contributed by atoms with Crippen LogP contribution in [0.2, 0.25) is 0 Å². The van der Waals surface area contributed by atoms with Crippen LogP contribution in [0, 0.1) is 0 Å². The van der Waals surface area contributed by atoms with E-state index in [1.807, 2.05) is 30.3 Å². The zero-order valence-corrected chi connectivity index (χ0v) is 8.86. The van der Waals surface area contributed by atoms with E-state index >= 15 is 0 Å². The number of hydrogen-bond acceptors (Lipinski definition) is 1. The monoisotopic (exact) mass is 202 g/mol. The van der Waals surface area contributed by atoms with E-state index in [0.717, 1.165) is 12.8 Å². The number of amides is 1. The molecule has 0 heterocycles. The molecule has 1 aromatic rings. The summed E-state index contributed by atoms with van der Waals surface area (Å²) in [6.45, 7) is 0. The van der Waals surface area contributed by atoms with Crippen LogP contribution in [0.25, 0.3) is 0 Å². The van der Waals surface area contributed by atoms with E-state index < -0.39 is 0 Å². The zero-order valence-electron chi connectivity index (χ0n) is 8.86. The van der Waals surface area contributed by atoms with E-state index in [9.17, 15) is 4.79 Å². The van der Waals surface area contributed by atoms with Crippen molar-refractivity contribution in [1.29, 1.82) is 0 Å². The molecule has 1 saturated carbocycles. The van der Waals surface area contributed by atoms with Crippen LogP contribution in [0.15, 0.2) is 30.3 Å². The number of rotatable bonds is 2. The highest BCUT2D eigenvalue weighted by atomic mass is 16.1. The third-order valence-corrected chi connectivity index (χ3v) is 2.90. The van der Waals surface area contributed by atoms with Crippen LogP contribution in [0.3, 0.4) is 0 Å². The van der Waals surface area contributed by atoms with Crippen molar-refractivity contribution in [3.63, 3.8) is 0 Å². The van der Waals surface area contributed by atoms with Crippen LogP contribution >= 0.6 is 0 Å². The van der Waals surface area contributed by atoms with Crippen LogP contribution in [0.1, 0.15) is 42.5 Å². The van der Waals surface area contributed by atoms with Gasteiger partial charge in [0.2, 0.25) is 0 Å². The molecule has 0 N–H and O–H groups in total. The van der Waals surface area contributed by atoms with E-state index in [1.54, 1.807) is 0 Å². The van der Waals surface area contributed by atoms with Crippen LogP contribution in [0.5, 0.6) is 0 Å². The van der Waals surface area contributed by atoms with E-state index in [4.69, 9.17) is 0 Å². The number of carbonyl (C=O) groups excluding carboxylic acids is 1. The first-order valence-corrected chi connectivity index (χ1v) is 5.66. The predicted molar refractivity (Wildman–Crippen MR) is 59.8 cm³/mol. The molecular formula is C13H16NO. The molecule has 2 rings (SSSR count). The maximum atomic E-state index is 11.7. The summed E-state index contributed by atoms with van der Waals surface area (Å²) in [7, 11) is 0. The molecule has 1 amide bonds. The highest BCUT2D eigenvalue weighted by molar-refractivity contribution is 5.94. The lowest BCUT2D eigenvalue weighted by atomic mass is 9.95. The summed E-state index contributed by atoms with van der Waals surface area (Å²) in [5.41, 5.74) is 0.711. The lowest BCUT2D eigenvalue weighted by molar-refractivity contribution is 0.0921. The summed E-state index contributed by atoms with van der Waals surface area (Å²) in [5.74, 6) is -0.0532. The first-order chi connectivity index (χ1) is 7.36. The fraction of sp³-hybridized carbons (Fsp3) is 0.462. The van der Waals surface area contributed by atoms with Gasteiger partial charge >= 0.3 is 0 Å². The van der Waals surface area contributed by atoms with Gasteiger partial charge in [0.25, 0.3) is 5.91 Å². The Kier molecular flexibility index (Phi) is 3.38. The summed E-state index contributed by atoms with van der Waals surface area (Å²) >= 11 is 0. The van der Waals surface area contributed by atoms with Gasteiger partial charge in [0.05, 0.1) is 6.04 Å². The largest absolute Gasteiger partial charge is 0.272 e. The van der Waals surface area contributed by atoms with Gasteiger partial charge in [0, 0.05) is 5.56 Å². The van der Waals surface area contributed by atoms with Crippen molar-refractivity contribution in [3.8, 4) is 0 Å². The van der Waals surface area contributed by atoms with Crippen LogP contribution in [-0.2, 0) is 0 Å². The van der Waals surface area contributed by atoms with Crippen molar-refractivity contribution in [2.24, 2.45) is 0 Å². The topological polar surface area (TPSA) is 31.2 Å². The van der Waals surface area contributed by atoms with Gasteiger partial charge in [0.15, 0.2) is 0 Å². The maximum Gasteiger partial charge on any atom is 0.272 e. The molecular weight excluding hydrogens is 186 g/mol. The Morgan fingerprint density at radius 2 is 1.73 bits per heavy atom. The van der Waals surface area contributed by atoms with Gasteiger partial charge < -0.3 is 0 Å². The second kappa shape index (κ2) is 4.96. The highest BCUT2D eigenvalue weighted by Gasteiger charge is 2.18. The summed E-state index contributed by atoms with van der Waals surface area (Å²) in [6.07, 6.45) is 5.90. The van der Waals surface area contributed by atoms with Gasteiger partial charge in [-0.2, -0.15) is 0 Å². The molecule has 1 aliphatic rings. The Morgan fingerprint density at radius 1 is 1.07 bits per heavy atom. The summed E-state index contributed by atoms with van der Waals surface area (Å²) < 4.78 is 0. The van der Waals surface area contributed by atoms with Crippen molar-refractivity contribution in [3.05, 3.63) is 35.9 Å². The number of hydrogen-bond donors (Lipinski definition) is 0. The van der Waals surface area contributed by atoms with Gasteiger partial charge in [0.1, 0.15) is 0 Å². The van der Waals surface area contributed by atoms with Crippen LogP contribution in [0.4, 0.5) is 0 Å². The van der Waals surface area contributed by atoms with Gasteiger partial charge in [-0.05, 0) is 25.0 Å². The number of carbonyl (C=O) groups is 1. The predicted octanol–water partition coefficient (Wildman–Crippen LogP) is 2.76. The van der Waals surface area contributed by atoms with Gasteiger partial charge in [-0.25, -0.2) is 5.32 Å². The third kappa shape index (κ3) is 2.82. The SMILES string of the molecule is O=C([N]C1CCCCC1)c1ccccc1. The van der Waals surface area contributed by atoms with Crippen molar-refractivity contribution in [1.82, 2.24) is 5.32 Å². The fourth-order valence-corrected chi connectivity index (χ4v) is 2.03. The summed E-state index contributed by atoms with van der Waals surface area (Å²) in [6, 6.07) is 9.60. The van der Waals surface area contributed by atoms with E-state index in [2.05, 4.69) is 5.32 Å². The van der Waals surface area contributed by atoms with Crippen molar-refractivity contribution >= 4 is 5.91 Å². The first-order valence-electron chi connectivity index (χ1n) is 5.66. The van der Waals surface area contributed by atoms with Gasteiger partial charge in [-0.3, -0.25) is 4.79 Å². The molecule has 0 atom stereocenters. The second-order valence-electron chi connectivity index (χ2n) is 4.09. The average molecular weight is 202 g/mol. The lowest BCUT2D eigenvalue weighted by Gasteiger charge is -2.20. The van der Waals surface area contributed by atoms with E-state index in [1.165, 1.54) is 19.3 Å². The molecule has 0 unspecified atom stereocenters. The minimum atomic E-state index is -0.0532. The Labute approximate surface area is 90.7 Å². The molecule has 2 heteroatoms. The molecule has 2 nitrogen and oxygen atoms in total. The van der Waals surface area contributed by atoms with Crippen molar-refractivity contribution in [2.45, 2.75) is 38.1 Å². The Bertz CT molecular complexity index is 315. The van der Waals surface area contributed by atoms with E-state index in [0.29, 0.717) is 5.56 Å². The van der Waals surface area contributed by atoms with Gasteiger partial charge in [-0.15, -0.1) is 0 Å². The van der Waals surface area contributed by atoms with Crippen molar-refractivity contribution in [2.75, 3.05) is 0 Å². The Balaban J connectivity index is 1.91. The standard InChI is InChI=1S/C13H16NO/c15-13(11-7-3-1-4-8-11)14-12-9-5-2-6-10-12/h1,3-4,7-8,12H,2,5-6,9-10H2. The molecule has 0 aromatic heterocycles. The smallest absolute Gasteiger partial charge is 0.267 e. The van der Waals surface area contributed by atoms with Gasteiger partial charge in [-0.1, -0.05) is 37.5 Å². The molecule has 15 heavy (non-hydrogen) atoms. The number of benzene rings is 1. The summed E-state index contributed by atoms with van der Waals surface area (Å²) in [4.78, 5) is 11.7. The first kappa shape index (κ1) is 10.2. The lowest BCUT2D eigenvalue weighted by Crippen LogP contribution is -2.29. The zero-order chi connectivity index (χ0) is 10.5. The minimum absolute atomic E-state index is 0.0532. The maximum absolute atomic E-state index is 11.7. The normalized spacial score (nSPS) is 17.3. The van der Waals surface area contributed by atoms with Crippen LogP contribution < -0.4 is 5.32 Å². The molecule has 0 aliphatic heterocycles. The molecule has 1 radical (unpaired) electrons. The Hall–Kier alpha value is -1.31. The molecule has 1 aromatic carbocycles. The average Bonchev–Trinajstić information content (AvgIpc) is 2.31. The summed E-state index contributed by atoms with van der Waals surface area (Å²) in [5, 5.41) is 4.27. The molecule has 1 fully saturated rings. The minimum Gasteiger partial charge on any atom is -0.267 e. The number of nitrogens with zero attached hydrogens (tertiary/aromatic N) is 1. The third-order valence-electron chi connectivity index (χ3n) is 2.90. The van der Waals surface area contributed by atoms with Crippen LogP contribution in [-0.4, -0.2) is 11.9 Å². The fourth-order valence-electron chi connectivity index (χ4n) is 2.03. The molecule has 0 saturated heterocycles. The second-order valence-corrected chi connectivity index (χ2v) is 4.09. The highest BCUT2D eigenvalue weighted by Crippen LogP contribution is 2.18. The molecule has 0 bridgehead atoms.